The van der Waals surface area contributed by atoms with Crippen LogP contribution >= 0.6 is 0 Å². The Labute approximate surface area is 74.0 Å². The summed E-state index contributed by atoms with van der Waals surface area (Å²) in [6, 6.07) is 0. The zero-order valence-electron chi connectivity index (χ0n) is 7.74. The van der Waals surface area contributed by atoms with E-state index in [0.29, 0.717) is 0 Å². The summed E-state index contributed by atoms with van der Waals surface area (Å²) in [6.45, 7) is 1.39. The Morgan fingerprint density at radius 2 is 1.67 bits per heavy atom. The van der Waals surface area contributed by atoms with Gasteiger partial charge in [0.1, 0.15) is 0 Å². The Bertz CT molecular complexity index is 87.8. The average molecular weight is 176 g/mol. The highest BCUT2D eigenvalue weighted by Gasteiger charge is 2.07. The van der Waals surface area contributed by atoms with E-state index in [0.717, 1.165) is 12.8 Å². The molecule has 12 heavy (non-hydrogen) atoms. The first-order chi connectivity index (χ1) is 5.66. The van der Waals surface area contributed by atoms with E-state index in [2.05, 4.69) is 0 Å². The fourth-order valence-electron chi connectivity index (χ4n) is 1.08. The van der Waals surface area contributed by atoms with E-state index in [1.54, 1.807) is 0 Å². The molecule has 0 radical (unpaired) electrons. The third-order valence-electron chi connectivity index (χ3n) is 1.84. The van der Waals surface area contributed by atoms with Crippen LogP contribution in [0.2, 0.25) is 0 Å². The number of aliphatic hydroxyl groups is 3. The first-order valence-corrected chi connectivity index (χ1v) is 4.63. The fraction of sp³-hybridized carbons (Fsp3) is 1.00. The van der Waals surface area contributed by atoms with Crippen LogP contribution < -0.4 is 0 Å². The lowest BCUT2D eigenvalue weighted by atomic mass is 9.98. The molecule has 3 heteroatoms. The minimum Gasteiger partial charge on any atom is -0.394 e. The fourth-order valence-corrected chi connectivity index (χ4v) is 1.08. The minimum absolute atomic E-state index is 0.0359. The maximum atomic E-state index is 8.91. The first-order valence-electron chi connectivity index (χ1n) is 4.63. The van der Waals surface area contributed by atoms with Gasteiger partial charge in [-0.15, -0.1) is 0 Å². The molecule has 3 N–H and O–H groups in total. The maximum Gasteiger partial charge on any atom is 0.0742 e. The Hall–Kier alpha value is -0.120. The number of rotatable bonds is 1. The normalized spacial score (nSPS) is 21.0. The molecule has 1 rings (SSSR count). The highest BCUT2D eigenvalue weighted by Crippen LogP contribution is 2.16. The van der Waals surface area contributed by atoms with E-state index in [9.17, 15) is 0 Å². The predicted molar refractivity (Wildman–Crippen MR) is 47.9 cm³/mol. The van der Waals surface area contributed by atoms with Gasteiger partial charge in [0.15, 0.2) is 0 Å². The molecule has 1 atom stereocenters. The molecule has 0 aliphatic heterocycles. The van der Waals surface area contributed by atoms with E-state index in [1.165, 1.54) is 26.2 Å². The Kier molecular flexibility index (Phi) is 7.45. The van der Waals surface area contributed by atoms with Gasteiger partial charge in [-0.25, -0.2) is 0 Å². The van der Waals surface area contributed by atoms with Crippen molar-refractivity contribution in [2.75, 3.05) is 6.61 Å². The van der Waals surface area contributed by atoms with Gasteiger partial charge in [-0.05, 0) is 19.8 Å². The van der Waals surface area contributed by atoms with Gasteiger partial charge in [-0.1, -0.05) is 19.3 Å². The van der Waals surface area contributed by atoms with Crippen LogP contribution in [-0.2, 0) is 0 Å². The van der Waals surface area contributed by atoms with Crippen LogP contribution in [0.5, 0.6) is 0 Å². The summed E-state index contributed by atoms with van der Waals surface area (Å²) in [5.41, 5.74) is 0. The predicted octanol–water partition coefficient (Wildman–Crippen LogP) is 0.671. The van der Waals surface area contributed by atoms with Crippen molar-refractivity contribution in [3.8, 4) is 0 Å². The molecule has 1 fully saturated rings. The maximum absolute atomic E-state index is 8.91. The molecule has 1 saturated carbocycles. The van der Waals surface area contributed by atoms with Crippen molar-refractivity contribution >= 4 is 0 Å². The first kappa shape index (κ1) is 11.9. The minimum atomic E-state index is -0.560. The van der Waals surface area contributed by atoms with Crippen LogP contribution in [0.1, 0.15) is 39.0 Å². The van der Waals surface area contributed by atoms with Gasteiger partial charge in [-0.3, -0.25) is 0 Å². The summed E-state index contributed by atoms with van der Waals surface area (Å²) < 4.78 is 0. The van der Waals surface area contributed by atoms with Gasteiger partial charge in [0.05, 0.1) is 18.8 Å². The Morgan fingerprint density at radius 1 is 1.25 bits per heavy atom. The monoisotopic (exact) mass is 176 g/mol. The average Bonchev–Trinajstić information content (AvgIpc) is 2.07. The molecule has 1 aliphatic carbocycles. The molecule has 1 unspecified atom stereocenters. The standard InChI is InChI=1S/C6H12O.C3H8O2/c7-6-4-2-1-3-5-6;1-3(5)2-4/h6-7H,1-5H2;3-5H,2H2,1H3. The lowest BCUT2D eigenvalue weighted by molar-refractivity contribution is 0.110. The number of aliphatic hydroxyl groups excluding tert-OH is 3. The second-order valence-corrected chi connectivity index (χ2v) is 3.32. The lowest BCUT2D eigenvalue weighted by Crippen LogP contribution is -2.09. The summed E-state index contributed by atoms with van der Waals surface area (Å²) in [4.78, 5) is 0. The molecular formula is C9H20O3. The zero-order chi connectivity index (χ0) is 9.40. The van der Waals surface area contributed by atoms with Crippen molar-refractivity contribution in [3.63, 3.8) is 0 Å². The molecular weight excluding hydrogens is 156 g/mol. The third kappa shape index (κ3) is 7.98. The van der Waals surface area contributed by atoms with E-state index < -0.39 is 6.10 Å². The molecule has 0 amide bonds. The van der Waals surface area contributed by atoms with Gasteiger partial charge in [-0.2, -0.15) is 0 Å². The zero-order valence-corrected chi connectivity index (χ0v) is 7.74. The second-order valence-electron chi connectivity index (χ2n) is 3.32. The van der Waals surface area contributed by atoms with Gasteiger partial charge in [0.2, 0.25) is 0 Å². The quantitative estimate of drug-likeness (QED) is 0.550. The highest BCUT2D eigenvalue weighted by atomic mass is 16.3. The molecule has 0 aromatic carbocycles. The SMILES string of the molecule is CC(O)CO.OC1CCCCC1. The summed E-state index contributed by atoms with van der Waals surface area (Å²) in [5, 5.41) is 24.9. The van der Waals surface area contributed by atoms with Gasteiger partial charge < -0.3 is 15.3 Å². The van der Waals surface area contributed by atoms with E-state index in [1.807, 2.05) is 0 Å². The smallest absolute Gasteiger partial charge is 0.0742 e. The van der Waals surface area contributed by atoms with Crippen molar-refractivity contribution in [1.29, 1.82) is 0 Å². The molecule has 0 aromatic rings. The van der Waals surface area contributed by atoms with E-state index in [-0.39, 0.29) is 12.7 Å². The van der Waals surface area contributed by atoms with Crippen LogP contribution in [0.3, 0.4) is 0 Å². The molecule has 0 spiro atoms. The molecule has 0 bridgehead atoms. The van der Waals surface area contributed by atoms with Crippen molar-refractivity contribution in [2.24, 2.45) is 0 Å². The molecule has 1 aliphatic rings. The molecule has 0 heterocycles. The van der Waals surface area contributed by atoms with Crippen LogP contribution in [0, 0.1) is 0 Å². The van der Waals surface area contributed by atoms with Crippen LogP contribution in [0.4, 0.5) is 0 Å². The lowest BCUT2D eigenvalue weighted by Gasteiger charge is -2.14. The Morgan fingerprint density at radius 3 is 1.83 bits per heavy atom. The summed E-state index contributed by atoms with van der Waals surface area (Å²) in [5.74, 6) is 0. The van der Waals surface area contributed by atoms with E-state index in [4.69, 9.17) is 15.3 Å². The van der Waals surface area contributed by atoms with E-state index >= 15 is 0 Å². The summed E-state index contributed by atoms with van der Waals surface area (Å²) >= 11 is 0. The molecule has 0 aromatic heterocycles. The molecule has 0 saturated heterocycles. The second kappa shape index (κ2) is 7.53. The van der Waals surface area contributed by atoms with Gasteiger partial charge >= 0.3 is 0 Å². The molecule has 74 valence electrons. The van der Waals surface area contributed by atoms with Crippen LogP contribution in [0.25, 0.3) is 0 Å². The van der Waals surface area contributed by atoms with Gasteiger partial charge in [0, 0.05) is 0 Å². The van der Waals surface area contributed by atoms with Crippen molar-refractivity contribution in [3.05, 3.63) is 0 Å². The Balaban J connectivity index is 0.000000217. The molecule has 3 nitrogen and oxygen atoms in total. The number of hydrogen-bond donors (Lipinski definition) is 3. The third-order valence-corrected chi connectivity index (χ3v) is 1.84. The van der Waals surface area contributed by atoms with Crippen molar-refractivity contribution in [1.82, 2.24) is 0 Å². The summed E-state index contributed by atoms with van der Waals surface area (Å²) in [6.07, 6.45) is 5.36. The number of hydrogen-bond acceptors (Lipinski definition) is 3. The topological polar surface area (TPSA) is 60.7 Å². The summed E-state index contributed by atoms with van der Waals surface area (Å²) in [7, 11) is 0. The van der Waals surface area contributed by atoms with Crippen LogP contribution in [0.15, 0.2) is 0 Å². The van der Waals surface area contributed by atoms with Crippen LogP contribution in [-0.4, -0.2) is 34.1 Å². The van der Waals surface area contributed by atoms with Gasteiger partial charge in [0.25, 0.3) is 0 Å². The van der Waals surface area contributed by atoms with Crippen molar-refractivity contribution < 1.29 is 15.3 Å². The largest absolute Gasteiger partial charge is 0.394 e. The highest BCUT2D eigenvalue weighted by molar-refractivity contribution is 4.61. The van der Waals surface area contributed by atoms with Crippen molar-refractivity contribution in [2.45, 2.75) is 51.2 Å².